The second kappa shape index (κ2) is 12.9. The van der Waals surface area contributed by atoms with E-state index in [9.17, 15) is 0 Å². The summed E-state index contributed by atoms with van der Waals surface area (Å²) in [7, 11) is 0. The highest BCUT2D eigenvalue weighted by Gasteiger charge is 2.19. The molecule has 0 unspecified atom stereocenters. The predicted molar refractivity (Wildman–Crippen MR) is 221 cm³/mol. The molecule has 0 saturated carbocycles. The Labute approximate surface area is 308 Å². The molecule has 10 aromatic rings. The van der Waals surface area contributed by atoms with Gasteiger partial charge in [-0.05, 0) is 90.0 Å². The average molecular weight is 679 g/mol. The summed E-state index contributed by atoms with van der Waals surface area (Å²) in [5.41, 5.74) is 14.3. The monoisotopic (exact) mass is 678 g/mol. The van der Waals surface area contributed by atoms with Crippen LogP contribution in [0.15, 0.2) is 206 Å². The molecular weight excluding hydrogens is 645 g/mol. The standard InChI is InChI=1S/C49H34N4/c1-4-15-36(16-5-1)49-48(50-47-25-12-13-32-51(47)49)38-17-14-22-42(33-38)52(39-18-6-2-7-19-39)41-29-26-35(27-30-41)37-28-31-46-44(34-37)43-23-10-11-24-45(43)53(46)40-20-8-3-9-21-40/h1-34H. The number of benzene rings is 7. The first-order chi connectivity index (χ1) is 26.3. The zero-order chi connectivity index (χ0) is 35.1. The summed E-state index contributed by atoms with van der Waals surface area (Å²) in [6.45, 7) is 0. The van der Waals surface area contributed by atoms with Crippen LogP contribution in [0.3, 0.4) is 0 Å². The third-order valence-corrected chi connectivity index (χ3v) is 10.1. The molecule has 250 valence electrons. The van der Waals surface area contributed by atoms with E-state index in [4.69, 9.17) is 4.98 Å². The number of hydrogen-bond donors (Lipinski definition) is 0. The van der Waals surface area contributed by atoms with E-state index in [-0.39, 0.29) is 0 Å². The summed E-state index contributed by atoms with van der Waals surface area (Å²) < 4.78 is 4.54. The molecule has 3 aromatic heterocycles. The Balaban J connectivity index is 1.06. The number of nitrogens with zero attached hydrogens (tertiary/aromatic N) is 4. The largest absolute Gasteiger partial charge is 0.310 e. The molecule has 0 aliphatic rings. The molecule has 0 radical (unpaired) electrons. The van der Waals surface area contributed by atoms with Crippen LogP contribution in [0.1, 0.15) is 0 Å². The van der Waals surface area contributed by atoms with Crippen LogP contribution in [-0.4, -0.2) is 14.0 Å². The minimum Gasteiger partial charge on any atom is -0.310 e. The van der Waals surface area contributed by atoms with Gasteiger partial charge in [0.05, 0.1) is 22.4 Å². The van der Waals surface area contributed by atoms with Crippen LogP contribution < -0.4 is 4.90 Å². The van der Waals surface area contributed by atoms with Gasteiger partial charge in [0.25, 0.3) is 0 Å². The lowest BCUT2D eigenvalue weighted by Gasteiger charge is -2.26. The Morgan fingerprint density at radius 1 is 0.396 bits per heavy atom. The SMILES string of the molecule is c1ccc(-c2c(-c3cccc(N(c4ccccc4)c4ccc(-c5ccc6c(c5)c5ccccc5n6-c5ccccc5)cc4)c3)nc3ccccn23)cc1. The molecule has 0 saturated heterocycles. The van der Waals surface area contributed by atoms with Gasteiger partial charge in [-0.1, -0.05) is 121 Å². The highest BCUT2D eigenvalue weighted by atomic mass is 15.1. The maximum atomic E-state index is 5.15. The fourth-order valence-electron chi connectivity index (χ4n) is 7.70. The van der Waals surface area contributed by atoms with Crippen molar-refractivity contribution in [3.63, 3.8) is 0 Å². The second-order valence-electron chi connectivity index (χ2n) is 13.3. The van der Waals surface area contributed by atoms with Gasteiger partial charge < -0.3 is 9.47 Å². The van der Waals surface area contributed by atoms with Crippen LogP contribution in [0.25, 0.3) is 66.8 Å². The Morgan fingerprint density at radius 2 is 1.02 bits per heavy atom. The van der Waals surface area contributed by atoms with Gasteiger partial charge in [0, 0.05) is 50.8 Å². The van der Waals surface area contributed by atoms with Crippen molar-refractivity contribution in [2.75, 3.05) is 4.90 Å². The number of hydrogen-bond acceptors (Lipinski definition) is 2. The van der Waals surface area contributed by atoms with E-state index >= 15 is 0 Å². The summed E-state index contributed by atoms with van der Waals surface area (Å²) in [4.78, 5) is 7.47. The third-order valence-electron chi connectivity index (χ3n) is 10.1. The smallest absolute Gasteiger partial charge is 0.137 e. The summed E-state index contributed by atoms with van der Waals surface area (Å²) in [5, 5.41) is 2.50. The van der Waals surface area contributed by atoms with Crippen molar-refractivity contribution < 1.29 is 0 Å². The number of para-hydroxylation sites is 3. The average Bonchev–Trinajstić information content (AvgIpc) is 3.79. The molecule has 0 atom stereocenters. The summed E-state index contributed by atoms with van der Waals surface area (Å²) >= 11 is 0. The molecule has 0 fully saturated rings. The molecule has 53 heavy (non-hydrogen) atoms. The van der Waals surface area contributed by atoms with Gasteiger partial charge in [0.15, 0.2) is 0 Å². The minimum atomic E-state index is 0.921. The van der Waals surface area contributed by atoms with Crippen molar-refractivity contribution >= 4 is 44.5 Å². The van der Waals surface area contributed by atoms with E-state index in [0.717, 1.165) is 45.2 Å². The molecule has 0 aliphatic carbocycles. The molecule has 10 rings (SSSR count). The van der Waals surface area contributed by atoms with Gasteiger partial charge in [-0.2, -0.15) is 0 Å². The van der Waals surface area contributed by atoms with Crippen molar-refractivity contribution in [1.29, 1.82) is 0 Å². The van der Waals surface area contributed by atoms with Gasteiger partial charge in [-0.3, -0.25) is 4.40 Å². The molecule has 0 bridgehead atoms. The van der Waals surface area contributed by atoms with E-state index in [1.807, 2.05) is 6.07 Å². The lowest BCUT2D eigenvalue weighted by Crippen LogP contribution is -2.09. The number of rotatable bonds is 7. The quantitative estimate of drug-likeness (QED) is 0.168. The van der Waals surface area contributed by atoms with Crippen LogP contribution >= 0.6 is 0 Å². The molecule has 4 nitrogen and oxygen atoms in total. The Bertz CT molecular complexity index is 2870. The fourth-order valence-corrected chi connectivity index (χ4v) is 7.70. The normalized spacial score (nSPS) is 11.4. The Morgan fingerprint density at radius 3 is 1.83 bits per heavy atom. The Hall–Kier alpha value is -7.17. The maximum absolute atomic E-state index is 5.15. The first kappa shape index (κ1) is 30.6. The molecule has 7 aromatic carbocycles. The van der Waals surface area contributed by atoms with Crippen molar-refractivity contribution in [3.8, 4) is 39.3 Å². The van der Waals surface area contributed by atoms with E-state index in [0.29, 0.717) is 0 Å². The fraction of sp³-hybridized carbons (Fsp3) is 0. The molecule has 4 heteroatoms. The zero-order valence-electron chi connectivity index (χ0n) is 28.9. The van der Waals surface area contributed by atoms with Gasteiger partial charge in [0.2, 0.25) is 0 Å². The van der Waals surface area contributed by atoms with Crippen molar-refractivity contribution in [2.24, 2.45) is 0 Å². The van der Waals surface area contributed by atoms with Crippen LogP contribution in [-0.2, 0) is 0 Å². The number of anilines is 3. The van der Waals surface area contributed by atoms with E-state index in [2.05, 4.69) is 214 Å². The topological polar surface area (TPSA) is 25.5 Å². The first-order valence-electron chi connectivity index (χ1n) is 18.0. The van der Waals surface area contributed by atoms with Gasteiger partial charge in [-0.25, -0.2) is 4.98 Å². The minimum absolute atomic E-state index is 0.921. The summed E-state index contributed by atoms with van der Waals surface area (Å²) in [6, 6.07) is 71.1. The molecule has 0 aliphatic heterocycles. The first-order valence-corrected chi connectivity index (χ1v) is 18.0. The van der Waals surface area contributed by atoms with Crippen molar-refractivity contribution in [2.45, 2.75) is 0 Å². The van der Waals surface area contributed by atoms with E-state index < -0.39 is 0 Å². The number of imidazole rings is 1. The Kier molecular flexibility index (Phi) is 7.43. The molecular formula is C49H34N4. The summed E-state index contributed by atoms with van der Waals surface area (Å²) in [5.74, 6) is 0. The van der Waals surface area contributed by atoms with Crippen LogP contribution in [0.2, 0.25) is 0 Å². The number of fused-ring (bicyclic) bond motifs is 4. The predicted octanol–water partition coefficient (Wildman–Crippen LogP) is 12.9. The van der Waals surface area contributed by atoms with Crippen LogP contribution in [0.5, 0.6) is 0 Å². The van der Waals surface area contributed by atoms with Crippen molar-refractivity contribution in [3.05, 3.63) is 206 Å². The lowest BCUT2D eigenvalue weighted by molar-refractivity contribution is 1.18. The highest BCUT2D eigenvalue weighted by Crippen LogP contribution is 2.40. The van der Waals surface area contributed by atoms with Gasteiger partial charge in [0.1, 0.15) is 5.65 Å². The molecule has 0 spiro atoms. The van der Waals surface area contributed by atoms with Crippen LogP contribution in [0, 0.1) is 0 Å². The number of aromatic nitrogens is 3. The van der Waals surface area contributed by atoms with Crippen LogP contribution in [0.4, 0.5) is 17.1 Å². The maximum Gasteiger partial charge on any atom is 0.137 e. The summed E-state index contributed by atoms with van der Waals surface area (Å²) in [6.07, 6.45) is 2.09. The van der Waals surface area contributed by atoms with Gasteiger partial charge in [-0.15, -0.1) is 0 Å². The highest BCUT2D eigenvalue weighted by molar-refractivity contribution is 6.10. The molecule has 0 N–H and O–H groups in total. The van der Waals surface area contributed by atoms with E-state index in [1.165, 1.54) is 38.6 Å². The zero-order valence-corrected chi connectivity index (χ0v) is 28.9. The molecule has 3 heterocycles. The molecule has 0 amide bonds. The number of pyridine rings is 1. The van der Waals surface area contributed by atoms with Gasteiger partial charge >= 0.3 is 0 Å². The lowest BCUT2D eigenvalue weighted by atomic mass is 10.0. The van der Waals surface area contributed by atoms with E-state index in [1.54, 1.807) is 0 Å². The van der Waals surface area contributed by atoms with Crippen molar-refractivity contribution in [1.82, 2.24) is 14.0 Å². The third kappa shape index (κ3) is 5.36. The second-order valence-corrected chi connectivity index (χ2v) is 13.3.